The molecule has 120 valence electrons. The lowest BCUT2D eigenvalue weighted by Crippen LogP contribution is -2.41. The fraction of sp³-hybridized carbons (Fsp3) is 0.105. The molecule has 0 saturated heterocycles. The number of para-hydroxylation sites is 2. The molecular weight excluding hydrogens is 302 g/mol. The molecule has 1 aromatic heterocycles. The second kappa shape index (κ2) is 6.91. The van der Waals surface area contributed by atoms with Crippen LogP contribution in [0.3, 0.4) is 0 Å². The zero-order valence-electron chi connectivity index (χ0n) is 13.2. The van der Waals surface area contributed by atoms with Crippen molar-refractivity contribution in [2.24, 2.45) is 0 Å². The number of benzene rings is 2. The molecule has 0 bridgehead atoms. The molecule has 24 heavy (non-hydrogen) atoms. The summed E-state index contributed by atoms with van der Waals surface area (Å²) < 4.78 is 0. The molecule has 3 rings (SSSR count). The number of aromatic nitrogens is 1. The maximum absolute atomic E-state index is 12.3. The van der Waals surface area contributed by atoms with E-state index in [9.17, 15) is 9.59 Å². The van der Waals surface area contributed by atoms with Crippen molar-refractivity contribution in [3.8, 4) is 0 Å². The van der Waals surface area contributed by atoms with E-state index in [1.165, 1.54) is 0 Å². The maximum atomic E-state index is 12.3. The Labute approximate surface area is 139 Å². The van der Waals surface area contributed by atoms with Crippen LogP contribution >= 0.6 is 0 Å². The van der Waals surface area contributed by atoms with Gasteiger partial charge in [-0.05, 0) is 31.2 Å². The standard InChI is InChI=1S/C19H17N3O2/c1-13(18(23)21-15-8-3-2-4-9-15)20-19(24)17-12-11-14-7-5-6-10-16(14)22-17/h2-13H,1H3,(H,20,24)(H,21,23). The summed E-state index contributed by atoms with van der Waals surface area (Å²) in [7, 11) is 0. The first kappa shape index (κ1) is 15.7. The molecule has 0 aliphatic heterocycles. The van der Waals surface area contributed by atoms with E-state index in [1.54, 1.807) is 25.1 Å². The Morgan fingerprint density at radius 2 is 1.62 bits per heavy atom. The van der Waals surface area contributed by atoms with Gasteiger partial charge in [0.1, 0.15) is 11.7 Å². The number of hydrogen-bond acceptors (Lipinski definition) is 3. The van der Waals surface area contributed by atoms with Crippen molar-refractivity contribution < 1.29 is 9.59 Å². The third-order valence-corrected chi connectivity index (χ3v) is 3.61. The van der Waals surface area contributed by atoms with E-state index < -0.39 is 6.04 Å². The molecule has 0 saturated carbocycles. The summed E-state index contributed by atoms with van der Waals surface area (Å²) in [6.45, 7) is 1.64. The van der Waals surface area contributed by atoms with E-state index in [1.807, 2.05) is 48.5 Å². The topological polar surface area (TPSA) is 71.1 Å². The average molecular weight is 319 g/mol. The summed E-state index contributed by atoms with van der Waals surface area (Å²) in [4.78, 5) is 28.8. The van der Waals surface area contributed by atoms with Crippen molar-refractivity contribution in [3.05, 3.63) is 72.4 Å². The molecule has 0 aliphatic rings. The highest BCUT2D eigenvalue weighted by Crippen LogP contribution is 2.12. The van der Waals surface area contributed by atoms with E-state index in [0.717, 1.165) is 10.9 Å². The first-order chi connectivity index (χ1) is 11.6. The quantitative estimate of drug-likeness (QED) is 0.776. The van der Waals surface area contributed by atoms with Crippen LogP contribution in [0.15, 0.2) is 66.7 Å². The van der Waals surface area contributed by atoms with E-state index in [0.29, 0.717) is 5.69 Å². The lowest BCUT2D eigenvalue weighted by Gasteiger charge is -2.14. The SMILES string of the molecule is CC(NC(=O)c1ccc2ccccc2n1)C(=O)Nc1ccccc1. The number of hydrogen-bond donors (Lipinski definition) is 2. The Morgan fingerprint density at radius 3 is 2.42 bits per heavy atom. The van der Waals surface area contributed by atoms with Gasteiger partial charge >= 0.3 is 0 Å². The zero-order valence-corrected chi connectivity index (χ0v) is 13.2. The number of fused-ring (bicyclic) bond motifs is 1. The molecule has 2 N–H and O–H groups in total. The molecule has 1 atom stereocenters. The molecule has 0 aliphatic carbocycles. The molecule has 1 heterocycles. The van der Waals surface area contributed by atoms with Gasteiger partial charge in [-0.3, -0.25) is 9.59 Å². The van der Waals surface area contributed by atoms with Gasteiger partial charge in [0.2, 0.25) is 5.91 Å². The third kappa shape index (κ3) is 3.57. The van der Waals surface area contributed by atoms with E-state index in [4.69, 9.17) is 0 Å². The summed E-state index contributed by atoms with van der Waals surface area (Å²) in [5.41, 5.74) is 1.71. The van der Waals surface area contributed by atoms with Crippen molar-refractivity contribution in [1.29, 1.82) is 0 Å². The first-order valence-corrected chi connectivity index (χ1v) is 7.66. The van der Waals surface area contributed by atoms with Crippen molar-refractivity contribution in [3.63, 3.8) is 0 Å². The fourth-order valence-electron chi connectivity index (χ4n) is 2.30. The highest BCUT2D eigenvalue weighted by Gasteiger charge is 2.17. The lowest BCUT2D eigenvalue weighted by molar-refractivity contribution is -0.117. The summed E-state index contributed by atoms with van der Waals surface area (Å²) >= 11 is 0. The Hall–Kier alpha value is -3.21. The first-order valence-electron chi connectivity index (χ1n) is 7.66. The molecule has 0 fully saturated rings. The predicted molar refractivity (Wildman–Crippen MR) is 93.7 cm³/mol. The normalized spacial score (nSPS) is 11.7. The van der Waals surface area contributed by atoms with Crippen LogP contribution in [0.5, 0.6) is 0 Å². The van der Waals surface area contributed by atoms with Crippen LogP contribution in [0.2, 0.25) is 0 Å². The third-order valence-electron chi connectivity index (χ3n) is 3.61. The molecule has 5 heteroatoms. The van der Waals surface area contributed by atoms with E-state index >= 15 is 0 Å². The Morgan fingerprint density at radius 1 is 0.917 bits per heavy atom. The average Bonchev–Trinajstić information content (AvgIpc) is 2.62. The van der Waals surface area contributed by atoms with Gasteiger partial charge in [-0.1, -0.05) is 42.5 Å². The minimum Gasteiger partial charge on any atom is -0.339 e. The molecule has 0 spiro atoms. The second-order valence-electron chi connectivity index (χ2n) is 5.44. The van der Waals surface area contributed by atoms with Crippen molar-refractivity contribution in [1.82, 2.24) is 10.3 Å². The van der Waals surface area contributed by atoms with Gasteiger partial charge in [0, 0.05) is 11.1 Å². The predicted octanol–water partition coefficient (Wildman–Crippen LogP) is 2.99. The molecule has 1 unspecified atom stereocenters. The van der Waals surface area contributed by atoms with Crippen LogP contribution in [0.4, 0.5) is 5.69 Å². The Balaban J connectivity index is 1.67. The summed E-state index contributed by atoms with van der Waals surface area (Å²) in [6, 6.07) is 19.5. The number of nitrogens with zero attached hydrogens (tertiary/aromatic N) is 1. The lowest BCUT2D eigenvalue weighted by atomic mass is 10.2. The van der Waals surface area contributed by atoms with Crippen molar-refractivity contribution >= 4 is 28.4 Å². The molecule has 0 radical (unpaired) electrons. The van der Waals surface area contributed by atoms with Crippen LogP contribution in [0.1, 0.15) is 17.4 Å². The van der Waals surface area contributed by atoms with Crippen molar-refractivity contribution in [2.45, 2.75) is 13.0 Å². The number of amides is 2. The van der Waals surface area contributed by atoms with Gasteiger partial charge in [-0.25, -0.2) is 4.98 Å². The maximum Gasteiger partial charge on any atom is 0.270 e. The fourth-order valence-corrected chi connectivity index (χ4v) is 2.30. The highest BCUT2D eigenvalue weighted by atomic mass is 16.2. The number of anilines is 1. The monoisotopic (exact) mass is 319 g/mol. The molecule has 5 nitrogen and oxygen atoms in total. The highest BCUT2D eigenvalue weighted by molar-refractivity contribution is 6.01. The van der Waals surface area contributed by atoms with Gasteiger partial charge < -0.3 is 10.6 Å². The van der Waals surface area contributed by atoms with Crippen LogP contribution in [-0.4, -0.2) is 22.8 Å². The zero-order chi connectivity index (χ0) is 16.9. The van der Waals surface area contributed by atoms with Crippen LogP contribution < -0.4 is 10.6 Å². The van der Waals surface area contributed by atoms with Gasteiger partial charge in [0.15, 0.2) is 0 Å². The van der Waals surface area contributed by atoms with Gasteiger partial charge in [0.05, 0.1) is 5.52 Å². The molecular formula is C19H17N3O2. The van der Waals surface area contributed by atoms with E-state index in [-0.39, 0.29) is 17.5 Å². The largest absolute Gasteiger partial charge is 0.339 e. The molecule has 3 aromatic rings. The number of rotatable bonds is 4. The molecule has 2 aromatic carbocycles. The van der Waals surface area contributed by atoms with Gasteiger partial charge in [-0.2, -0.15) is 0 Å². The summed E-state index contributed by atoms with van der Waals surface area (Å²) in [5.74, 6) is -0.660. The van der Waals surface area contributed by atoms with Crippen molar-refractivity contribution in [2.75, 3.05) is 5.32 Å². The number of carbonyl (C=O) groups excluding carboxylic acids is 2. The molecule has 2 amide bonds. The Kier molecular flexibility index (Phi) is 4.52. The van der Waals surface area contributed by atoms with Crippen LogP contribution in [0, 0.1) is 0 Å². The number of nitrogens with one attached hydrogen (secondary N) is 2. The number of pyridine rings is 1. The summed E-state index contributed by atoms with van der Waals surface area (Å²) in [6.07, 6.45) is 0. The minimum atomic E-state index is -0.675. The van der Waals surface area contributed by atoms with E-state index in [2.05, 4.69) is 15.6 Å². The van der Waals surface area contributed by atoms with Crippen LogP contribution in [0.25, 0.3) is 10.9 Å². The smallest absolute Gasteiger partial charge is 0.270 e. The minimum absolute atomic E-state index is 0.282. The van der Waals surface area contributed by atoms with Crippen LogP contribution in [-0.2, 0) is 4.79 Å². The second-order valence-corrected chi connectivity index (χ2v) is 5.44. The van der Waals surface area contributed by atoms with Gasteiger partial charge in [0.25, 0.3) is 5.91 Å². The Bertz CT molecular complexity index is 878. The van der Waals surface area contributed by atoms with Gasteiger partial charge in [-0.15, -0.1) is 0 Å². The number of carbonyl (C=O) groups is 2. The summed E-state index contributed by atoms with van der Waals surface area (Å²) in [5, 5.41) is 6.38.